The smallest absolute Gasteiger partial charge is 0.270 e. The number of aromatic nitrogens is 1. The minimum Gasteiger partial charge on any atom is -0.379 e. The van der Waals surface area contributed by atoms with Crippen molar-refractivity contribution >= 4 is 22.5 Å². The summed E-state index contributed by atoms with van der Waals surface area (Å²) < 4.78 is 5.36. The van der Waals surface area contributed by atoms with Crippen LogP contribution < -0.4 is 10.6 Å². The van der Waals surface area contributed by atoms with Gasteiger partial charge in [-0.3, -0.25) is 4.79 Å². The van der Waals surface area contributed by atoms with Crippen molar-refractivity contribution < 1.29 is 9.53 Å². The number of benzene rings is 1. The fourth-order valence-electron chi connectivity index (χ4n) is 2.61. The highest BCUT2D eigenvalue weighted by molar-refractivity contribution is 6.00. The molecule has 1 aliphatic heterocycles. The maximum absolute atomic E-state index is 12.5. The van der Waals surface area contributed by atoms with Crippen LogP contribution >= 0.6 is 0 Å². The van der Waals surface area contributed by atoms with Crippen LogP contribution in [0.4, 0.5) is 5.82 Å². The monoisotopic (exact) mass is 285 g/mol. The van der Waals surface area contributed by atoms with Crippen molar-refractivity contribution in [3.8, 4) is 0 Å². The van der Waals surface area contributed by atoms with Gasteiger partial charge < -0.3 is 15.4 Å². The van der Waals surface area contributed by atoms with E-state index in [1.807, 2.05) is 44.3 Å². The van der Waals surface area contributed by atoms with Crippen LogP contribution in [0.2, 0.25) is 0 Å². The summed E-state index contributed by atoms with van der Waals surface area (Å²) in [5.41, 5.74) is 0.121. The van der Waals surface area contributed by atoms with Crippen molar-refractivity contribution in [3.63, 3.8) is 0 Å². The molecule has 0 aliphatic carbocycles. The van der Waals surface area contributed by atoms with Gasteiger partial charge in [-0.25, -0.2) is 4.98 Å². The van der Waals surface area contributed by atoms with E-state index in [0.717, 1.165) is 17.2 Å². The van der Waals surface area contributed by atoms with Crippen molar-refractivity contribution in [2.24, 2.45) is 0 Å². The zero-order valence-corrected chi connectivity index (χ0v) is 12.3. The third-order valence-electron chi connectivity index (χ3n) is 3.84. The number of rotatable bonds is 3. The van der Waals surface area contributed by atoms with Crippen LogP contribution in [0.3, 0.4) is 0 Å². The van der Waals surface area contributed by atoms with Gasteiger partial charge in [0.05, 0.1) is 12.1 Å². The maximum atomic E-state index is 12.5. The van der Waals surface area contributed by atoms with Crippen LogP contribution in [0.5, 0.6) is 0 Å². The van der Waals surface area contributed by atoms with Crippen molar-refractivity contribution in [2.75, 3.05) is 25.6 Å². The molecule has 0 spiro atoms. The Labute approximate surface area is 123 Å². The summed E-state index contributed by atoms with van der Waals surface area (Å²) in [5, 5.41) is 8.09. The summed E-state index contributed by atoms with van der Waals surface area (Å²) in [4.78, 5) is 16.9. The molecule has 5 nitrogen and oxygen atoms in total. The summed E-state index contributed by atoms with van der Waals surface area (Å²) in [5.74, 6) is 0.552. The van der Waals surface area contributed by atoms with E-state index in [2.05, 4.69) is 15.6 Å². The Morgan fingerprint density at radius 2 is 2.19 bits per heavy atom. The minimum atomic E-state index is -0.301. The third kappa shape index (κ3) is 2.69. The van der Waals surface area contributed by atoms with Crippen molar-refractivity contribution in [3.05, 3.63) is 36.0 Å². The lowest BCUT2D eigenvalue weighted by atomic mass is 10.0. The number of carbonyl (C=O) groups is 1. The molecule has 0 bridgehead atoms. The number of hydrogen-bond donors (Lipinski definition) is 2. The van der Waals surface area contributed by atoms with Crippen LogP contribution in [0, 0.1) is 0 Å². The standard InChI is InChI=1S/C16H19N3O2/c1-16(7-8-21-10-16)19-15(20)13-9-11-5-3-4-6-12(11)14(17-2)18-13/h3-6,9H,7-8,10H2,1-2H3,(H,17,18)(H,19,20). The van der Waals surface area contributed by atoms with Gasteiger partial charge in [0.1, 0.15) is 11.5 Å². The zero-order chi connectivity index (χ0) is 14.9. The highest BCUT2D eigenvalue weighted by atomic mass is 16.5. The Bertz CT molecular complexity index is 678. The number of pyridine rings is 1. The normalized spacial score (nSPS) is 21.4. The number of carbonyl (C=O) groups excluding carboxylic acids is 1. The molecule has 5 heteroatoms. The first-order valence-electron chi connectivity index (χ1n) is 7.09. The first-order valence-corrected chi connectivity index (χ1v) is 7.09. The van der Waals surface area contributed by atoms with Gasteiger partial charge in [0.2, 0.25) is 0 Å². The lowest BCUT2D eigenvalue weighted by Gasteiger charge is -2.23. The van der Waals surface area contributed by atoms with E-state index in [1.165, 1.54) is 0 Å². The Balaban J connectivity index is 1.94. The second-order valence-electron chi connectivity index (χ2n) is 5.64. The van der Waals surface area contributed by atoms with Crippen LogP contribution in [0.15, 0.2) is 30.3 Å². The molecule has 1 aromatic carbocycles. The SMILES string of the molecule is CNc1nc(C(=O)NC2(C)CCOC2)cc2ccccc12. The fourth-order valence-corrected chi connectivity index (χ4v) is 2.61. The van der Waals surface area contributed by atoms with Crippen molar-refractivity contribution in [1.82, 2.24) is 10.3 Å². The van der Waals surface area contributed by atoms with Gasteiger partial charge in [0.15, 0.2) is 0 Å². The molecule has 2 aromatic rings. The molecule has 1 saturated heterocycles. The Morgan fingerprint density at radius 1 is 1.38 bits per heavy atom. The predicted octanol–water partition coefficient (Wildman–Crippen LogP) is 2.19. The van der Waals surface area contributed by atoms with E-state index in [1.54, 1.807) is 0 Å². The molecule has 1 aromatic heterocycles. The Hall–Kier alpha value is -2.14. The molecule has 21 heavy (non-hydrogen) atoms. The first kappa shape index (κ1) is 13.8. The fraction of sp³-hybridized carbons (Fsp3) is 0.375. The lowest BCUT2D eigenvalue weighted by Crippen LogP contribution is -2.46. The van der Waals surface area contributed by atoms with Gasteiger partial charge in [-0.2, -0.15) is 0 Å². The average molecular weight is 285 g/mol. The average Bonchev–Trinajstić information content (AvgIpc) is 2.92. The lowest BCUT2D eigenvalue weighted by molar-refractivity contribution is 0.0885. The second kappa shape index (κ2) is 5.33. The topological polar surface area (TPSA) is 63.2 Å². The van der Waals surface area contributed by atoms with E-state index < -0.39 is 0 Å². The Morgan fingerprint density at radius 3 is 2.90 bits per heavy atom. The molecule has 1 fully saturated rings. The van der Waals surface area contributed by atoms with E-state index in [-0.39, 0.29) is 11.4 Å². The summed E-state index contributed by atoms with van der Waals surface area (Å²) >= 11 is 0. The molecule has 0 saturated carbocycles. The highest BCUT2D eigenvalue weighted by Crippen LogP contribution is 2.23. The largest absolute Gasteiger partial charge is 0.379 e. The van der Waals surface area contributed by atoms with Crippen LogP contribution in [-0.4, -0.2) is 36.7 Å². The van der Waals surface area contributed by atoms with Gasteiger partial charge in [-0.1, -0.05) is 24.3 Å². The van der Waals surface area contributed by atoms with E-state index >= 15 is 0 Å². The summed E-state index contributed by atoms with van der Waals surface area (Å²) in [7, 11) is 1.81. The maximum Gasteiger partial charge on any atom is 0.270 e. The van der Waals surface area contributed by atoms with E-state index in [0.29, 0.717) is 24.7 Å². The minimum absolute atomic E-state index is 0.162. The van der Waals surface area contributed by atoms with Gasteiger partial charge in [0.25, 0.3) is 5.91 Å². The van der Waals surface area contributed by atoms with Crippen molar-refractivity contribution in [2.45, 2.75) is 18.9 Å². The molecule has 2 heterocycles. The Kier molecular flexibility index (Phi) is 3.51. The molecule has 1 atom stereocenters. The molecule has 110 valence electrons. The number of anilines is 1. The molecule has 1 unspecified atom stereocenters. The van der Waals surface area contributed by atoms with Crippen LogP contribution in [0.25, 0.3) is 10.8 Å². The predicted molar refractivity (Wildman–Crippen MR) is 82.6 cm³/mol. The summed E-state index contributed by atoms with van der Waals surface area (Å²) in [6.07, 6.45) is 0.825. The number of nitrogens with zero attached hydrogens (tertiary/aromatic N) is 1. The summed E-state index contributed by atoms with van der Waals surface area (Å²) in [6.45, 7) is 3.23. The summed E-state index contributed by atoms with van der Waals surface area (Å²) in [6, 6.07) is 9.71. The van der Waals surface area contributed by atoms with E-state index in [4.69, 9.17) is 4.74 Å². The number of amides is 1. The van der Waals surface area contributed by atoms with Crippen LogP contribution in [-0.2, 0) is 4.74 Å². The number of fused-ring (bicyclic) bond motifs is 1. The molecule has 1 amide bonds. The van der Waals surface area contributed by atoms with E-state index in [9.17, 15) is 4.79 Å². The molecule has 3 rings (SSSR count). The molecule has 1 aliphatic rings. The molecule has 2 N–H and O–H groups in total. The molecular weight excluding hydrogens is 266 g/mol. The highest BCUT2D eigenvalue weighted by Gasteiger charge is 2.32. The quantitative estimate of drug-likeness (QED) is 0.907. The molecular formula is C16H19N3O2. The van der Waals surface area contributed by atoms with Crippen LogP contribution in [0.1, 0.15) is 23.8 Å². The third-order valence-corrected chi connectivity index (χ3v) is 3.84. The second-order valence-corrected chi connectivity index (χ2v) is 5.64. The van der Waals surface area contributed by atoms with Gasteiger partial charge in [0, 0.05) is 19.0 Å². The molecule has 0 radical (unpaired) electrons. The van der Waals surface area contributed by atoms with Gasteiger partial charge in [-0.05, 0) is 24.8 Å². The number of ether oxygens (including phenoxy) is 1. The number of hydrogen-bond acceptors (Lipinski definition) is 4. The van der Waals surface area contributed by atoms with Crippen molar-refractivity contribution in [1.29, 1.82) is 0 Å². The zero-order valence-electron chi connectivity index (χ0n) is 12.3. The number of nitrogens with one attached hydrogen (secondary N) is 2. The van der Waals surface area contributed by atoms with Gasteiger partial charge in [-0.15, -0.1) is 0 Å². The van der Waals surface area contributed by atoms with Gasteiger partial charge >= 0.3 is 0 Å². The first-order chi connectivity index (χ1) is 10.1.